The van der Waals surface area contributed by atoms with Gasteiger partial charge in [0.25, 0.3) is 5.89 Å². The number of hydrogen-bond donors (Lipinski definition) is 0. The van der Waals surface area contributed by atoms with E-state index < -0.39 is 0 Å². The van der Waals surface area contributed by atoms with Gasteiger partial charge in [-0.25, -0.2) is 13.9 Å². The summed E-state index contributed by atoms with van der Waals surface area (Å²) < 4.78 is 21.4. The maximum atomic E-state index is 13.4. The first-order valence-corrected chi connectivity index (χ1v) is 11.1. The first-order chi connectivity index (χ1) is 15.1. The van der Waals surface area contributed by atoms with E-state index in [1.54, 1.807) is 22.8 Å². The number of rotatable bonds is 3. The minimum Gasteiger partial charge on any atom is -0.419 e. The van der Waals surface area contributed by atoms with Crippen molar-refractivity contribution in [3.63, 3.8) is 0 Å². The second kappa shape index (κ2) is 6.22. The summed E-state index contributed by atoms with van der Waals surface area (Å²) in [6.45, 7) is 0. The van der Waals surface area contributed by atoms with E-state index in [1.165, 1.54) is 50.7 Å². The average molecular weight is 415 g/mol. The standard InChI is InChI=1S/C24H22FN5O/c25-18-3-1-17(2-4-18)20-5-6-26-21-10-19(29-30(20)21)22-27-28-23(31-22)24-11-14-7-15(12-24)9-16(8-14)13-24/h1-6,10,14-16H,7-9,11-13H2. The molecule has 0 aliphatic heterocycles. The van der Waals surface area contributed by atoms with Gasteiger partial charge in [-0.1, -0.05) is 0 Å². The Labute approximate surface area is 178 Å². The van der Waals surface area contributed by atoms with Crippen molar-refractivity contribution in [2.24, 2.45) is 17.8 Å². The Bertz CT molecular complexity index is 1260. The van der Waals surface area contributed by atoms with Gasteiger partial charge in [-0.3, -0.25) is 0 Å². The van der Waals surface area contributed by atoms with E-state index in [0.717, 1.165) is 34.9 Å². The summed E-state index contributed by atoms with van der Waals surface area (Å²) in [4.78, 5) is 4.43. The lowest BCUT2D eigenvalue weighted by Gasteiger charge is -2.55. The van der Waals surface area contributed by atoms with Crippen LogP contribution in [0.1, 0.15) is 44.4 Å². The van der Waals surface area contributed by atoms with Crippen molar-refractivity contribution in [3.8, 4) is 22.8 Å². The molecule has 3 heterocycles. The summed E-state index contributed by atoms with van der Waals surface area (Å²) in [5, 5.41) is 13.6. The summed E-state index contributed by atoms with van der Waals surface area (Å²) in [5.41, 5.74) is 3.06. The van der Waals surface area contributed by atoms with Gasteiger partial charge in [0.05, 0.1) is 5.69 Å². The maximum absolute atomic E-state index is 13.4. The number of aromatic nitrogens is 5. The van der Waals surface area contributed by atoms with Crippen LogP contribution in [0.15, 0.2) is 47.0 Å². The third kappa shape index (κ3) is 2.68. The van der Waals surface area contributed by atoms with Crippen molar-refractivity contribution < 1.29 is 8.81 Å². The molecule has 156 valence electrons. The molecule has 4 aromatic rings. The molecule has 4 saturated carbocycles. The van der Waals surface area contributed by atoms with Crippen LogP contribution in [0, 0.1) is 23.6 Å². The maximum Gasteiger partial charge on any atom is 0.268 e. The first-order valence-electron chi connectivity index (χ1n) is 11.1. The molecule has 0 spiro atoms. The van der Waals surface area contributed by atoms with Crippen molar-refractivity contribution in [1.82, 2.24) is 24.8 Å². The molecule has 4 fully saturated rings. The van der Waals surface area contributed by atoms with Crippen LogP contribution in [0.25, 0.3) is 28.5 Å². The zero-order valence-electron chi connectivity index (χ0n) is 17.0. The van der Waals surface area contributed by atoms with Gasteiger partial charge < -0.3 is 4.42 Å². The highest BCUT2D eigenvalue weighted by Crippen LogP contribution is 2.60. The number of hydrogen-bond acceptors (Lipinski definition) is 5. The summed E-state index contributed by atoms with van der Waals surface area (Å²) >= 11 is 0. The molecule has 6 nitrogen and oxygen atoms in total. The molecule has 1 aromatic carbocycles. The molecule has 7 heteroatoms. The largest absolute Gasteiger partial charge is 0.419 e. The minimum absolute atomic E-state index is 0.0662. The Morgan fingerprint density at radius 1 is 0.935 bits per heavy atom. The Hall–Kier alpha value is -3.09. The highest BCUT2D eigenvalue weighted by Gasteiger charge is 2.54. The highest BCUT2D eigenvalue weighted by molar-refractivity contribution is 5.65. The lowest BCUT2D eigenvalue weighted by atomic mass is 9.49. The van der Waals surface area contributed by atoms with Gasteiger partial charge in [0.2, 0.25) is 5.89 Å². The molecule has 3 aromatic heterocycles. The summed E-state index contributed by atoms with van der Waals surface area (Å²) in [7, 11) is 0. The molecule has 0 N–H and O–H groups in total. The zero-order valence-corrected chi connectivity index (χ0v) is 17.0. The quantitative estimate of drug-likeness (QED) is 0.468. The van der Waals surface area contributed by atoms with Crippen molar-refractivity contribution in [2.75, 3.05) is 0 Å². The van der Waals surface area contributed by atoms with E-state index in [9.17, 15) is 4.39 Å². The van der Waals surface area contributed by atoms with Gasteiger partial charge in [0.1, 0.15) is 5.82 Å². The molecule has 0 unspecified atom stereocenters. The van der Waals surface area contributed by atoms with E-state index >= 15 is 0 Å². The molecular formula is C24H22FN5O. The fourth-order valence-corrected chi connectivity index (χ4v) is 6.75. The molecular weight excluding hydrogens is 393 g/mol. The minimum atomic E-state index is -0.265. The van der Waals surface area contributed by atoms with Crippen LogP contribution in [0.2, 0.25) is 0 Å². The summed E-state index contributed by atoms with van der Waals surface area (Å²) in [6.07, 6.45) is 9.42. The molecule has 0 saturated heterocycles. The molecule has 4 bridgehead atoms. The Kier molecular flexibility index (Phi) is 3.52. The van der Waals surface area contributed by atoms with E-state index in [-0.39, 0.29) is 11.2 Å². The predicted molar refractivity (Wildman–Crippen MR) is 112 cm³/mol. The van der Waals surface area contributed by atoms with Crippen LogP contribution in [0.3, 0.4) is 0 Å². The van der Waals surface area contributed by atoms with Crippen LogP contribution >= 0.6 is 0 Å². The molecule has 0 atom stereocenters. The lowest BCUT2D eigenvalue weighted by Crippen LogP contribution is -2.48. The second-order valence-electron chi connectivity index (χ2n) is 9.75. The Balaban J connectivity index is 1.27. The fraction of sp³-hybridized carbons (Fsp3) is 0.417. The summed E-state index contributed by atoms with van der Waals surface area (Å²) in [6, 6.07) is 10.1. The van der Waals surface area contributed by atoms with Crippen LogP contribution in [0.4, 0.5) is 4.39 Å². The van der Waals surface area contributed by atoms with Crippen molar-refractivity contribution in [3.05, 3.63) is 54.3 Å². The van der Waals surface area contributed by atoms with Crippen LogP contribution < -0.4 is 0 Å². The van der Waals surface area contributed by atoms with Crippen LogP contribution in [-0.4, -0.2) is 24.8 Å². The number of halogens is 1. The topological polar surface area (TPSA) is 69.1 Å². The van der Waals surface area contributed by atoms with Gasteiger partial charge in [0.15, 0.2) is 11.3 Å². The number of benzene rings is 1. The lowest BCUT2D eigenvalue weighted by molar-refractivity contribution is -0.0176. The molecule has 8 rings (SSSR count). The smallest absolute Gasteiger partial charge is 0.268 e. The van der Waals surface area contributed by atoms with Gasteiger partial charge in [-0.2, -0.15) is 5.10 Å². The van der Waals surface area contributed by atoms with Gasteiger partial charge in [0, 0.05) is 23.2 Å². The normalized spacial score (nSPS) is 29.1. The average Bonchev–Trinajstić information content (AvgIpc) is 3.41. The van der Waals surface area contributed by atoms with Gasteiger partial charge in [-0.15, -0.1) is 10.2 Å². The molecule has 4 aliphatic carbocycles. The molecule has 0 amide bonds. The second-order valence-corrected chi connectivity index (χ2v) is 9.75. The third-order valence-corrected chi connectivity index (χ3v) is 7.63. The Morgan fingerprint density at radius 3 is 2.35 bits per heavy atom. The SMILES string of the molecule is Fc1ccc(-c2ccnc3cc(-c4nnc(C56CC7CC(CC(C7)C5)C6)o4)nn23)cc1. The molecule has 0 radical (unpaired) electrons. The fourth-order valence-electron chi connectivity index (χ4n) is 6.75. The number of fused-ring (bicyclic) bond motifs is 1. The van der Waals surface area contributed by atoms with Crippen LogP contribution in [-0.2, 0) is 5.41 Å². The first kappa shape index (κ1) is 17.6. The van der Waals surface area contributed by atoms with E-state index in [0.29, 0.717) is 17.2 Å². The van der Waals surface area contributed by atoms with E-state index in [2.05, 4.69) is 15.2 Å². The van der Waals surface area contributed by atoms with Gasteiger partial charge >= 0.3 is 0 Å². The predicted octanol–water partition coefficient (Wildman–Crippen LogP) is 5.05. The molecule has 4 aliphatic rings. The molecule has 31 heavy (non-hydrogen) atoms. The monoisotopic (exact) mass is 415 g/mol. The van der Waals surface area contributed by atoms with Crippen molar-refractivity contribution >= 4 is 5.65 Å². The number of nitrogens with zero attached hydrogens (tertiary/aromatic N) is 5. The van der Waals surface area contributed by atoms with Crippen LogP contribution in [0.5, 0.6) is 0 Å². The van der Waals surface area contributed by atoms with Crippen molar-refractivity contribution in [2.45, 2.75) is 43.9 Å². The van der Waals surface area contributed by atoms with E-state index in [1.807, 2.05) is 12.1 Å². The van der Waals surface area contributed by atoms with Crippen molar-refractivity contribution in [1.29, 1.82) is 0 Å². The zero-order chi connectivity index (χ0) is 20.6. The highest BCUT2D eigenvalue weighted by atomic mass is 19.1. The Morgan fingerprint density at radius 2 is 1.65 bits per heavy atom. The van der Waals surface area contributed by atoms with E-state index in [4.69, 9.17) is 9.52 Å². The third-order valence-electron chi connectivity index (χ3n) is 7.63. The summed E-state index contributed by atoms with van der Waals surface area (Å²) in [5.74, 6) is 3.43. The van der Waals surface area contributed by atoms with Gasteiger partial charge in [-0.05, 0) is 86.6 Å².